The molecule has 2 aliphatic rings. The Morgan fingerprint density at radius 1 is 1.30 bits per heavy atom. The maximum Gasteiger partial charge on any atom is 0.208 e. The average molecular weight is 547 g/mol. The molecule has 0 unspecified atom stereocenters. The van der Waals surface area contributed by atoms with E-state index in [0.717, 1.165) is 29.4 Å². The Morgan fingerprint density at radius 2 is 2.15 bits per heavy atom. The lowest BCUT2D eigenvalue weighted by atomic mass is 9.91. The molecule has 4 atom stereocenters. The van der Waals surface area contributed by atoms with Crippen LogP contribution in [0.15, 0.2) is 41.3 Å². The SMILES string of the molecule is [CH2][C@@H]1C[C@@H](Nc2ncncc2C(=O)c2cc([C@@H]3NCCc4ccc(Br)cc43)c(Cl)s2)C[C@@H]1O. The van der Waals surface area contributed by atoms with Crippen molar-refractivity contribution < 1.29 is 9.90 Å². The number of carbonyl (C=O) groups excluding carboxylic acids is 1. The van der Waals surface area contributed by atoms with Gasteiger partial charge in [-0.3, -0.25) is 4.79 Å². The summed E-state index contributed by atoms with van der Waals surface area (Å²) in [5.41, 5.74) is 3.74. The second-order valence-corrected chi connectivity index (χ2v) is 11.1. The predicted octanol–water partition coefficient (Wildman–Crippen LogP) is 4.81. The number of anilines is 1. The molecule has 9 heteroatoms. The molecule has 0 saturated heterocycles. The van der Waals surface area contributed by atoms with Gasteiger partial charge in [0.1, 0.15) is 12.1 Å². The highest BCUT2D eigenvalue weighted by atomic mass is 79.9. The molecule has 1 saturated carbocycles. The zero-order valence-electron chi connectivity index (χ0n) is 17.7. The molecule has 0 spiro atoms. The molecule has 0 amide bonds. The Labute approximate surface area is 209 Å². The van der Waals surface area contributed by atoms with Crippen LogP contribution in [-0.4, -0.2) is 39.5 Å². The van der Waals surface area contributed by atoms with E-state index in [4.69, 9.17) is 11.6 Å². The van der Waals surface area contributed by atoms with Crippen LogP contribution in [0.3, 0.4) is 0 Å². The fourth-order valence-corrected chi connectivity index (χ4v) is 6.32. The lowest BCUT2D eigenvalue weighted by Crippen LogP contribution is -2.30. The van der Waals surface area contributed by atoms with Crippen LogP contribution in [0.25, 0.3) is 0 Å². The number of hydrogen-bond donors (Lipinski definition) is 3. The molecule has 1 aliphatic carbocycles. The number of nitrogens with one attached hydrogen (secondary N) is 2. The van der Waals surface area contributed by atoms with Crippen molar-refractivity contribution in [2.75, 3.05) is 11.9 Å². The number of rotatable bonds is 5. The first-order valence-corrected chi connectivity index (χ1v) is 12.8. The van der Waals surface area contributed by atoms with Crippen molar-refractivity contribution in [3.8, 4) is 0 Å². The molecule has 2 aromatic heterocycles. The van der Waals surface area contributed by atoms with Crippen molar-refractivity contribution in [2.24, 2.45) is 5.92 Å². The minimum atomic E-state index is -0.451. The van der Waals surface area contributed by atoms with Crippen LogP contribution in [0.1, 0.15) is 50.8 Å². The van der Waals surface area contributed by atoms with Gasteiger partial charge in [-0.25, -0.2) is 9.97 Å². The van der Waals surface area contributed by atoms with E-state index in [9.17, 15) is 9.90 Å². The van der Waals surface area contributed by atoms with Gasteiger partial charge in [0.2, 0.25) is 5.78 Å². The molecule has 1 aliphatic heterocycles. The van der Waals surface area contributed by atoms with Crippen molar-refractivity contribution in [1.82, 2.24) is 15.3 Å². The largest absolute Gasteiger partial charge is 0.393 e. The number of thiophene rings is 1. The van der Waals surface area contributed by atoms with E-state index in [1.807, 2.05) is 6.07 Å². The summed E-state index contributed by atoms with van der Waals surface area (Å²) >= 11 is 11.5. The number of aliphatic hydroxyl groups is 1. The smallest absolute Gasteiger partial charge is 0.208 e. The Morgan fingerprint density at radius 3 is 2.94 bits per heavy atom. The van der Waals surface area contributed by atoms with Gasteiger partial charge in [0.25, 0.3) is 0 Å². The fourth-order valence-electron chi connectivity index (χ4n) is 4.65. The second-order valence-electron chi connectivity index (χ2n) is 8.57. The van der Waals surface area contributed by atoms with E-state index in [0.29, 0.717) is 27.0 Å². The number of aliphatic hydroxyl groups excluding tert-OH is 1. The Balaban J connectivity index is 1.43. The molecule has 6 nitrogen and oxygen atoms in total. The minimum absolute atomic E-state index is 0.00724. The molecule has 3 aromatic rings. The van der Waals surface area contributed by atoms with Gasteiger partial charge in [-0.1, -0.05) is 33.6 Å². The number of fused-ring (bicyclic) bond motifs is 1. The molecule has 3 heterocycles. The molecule has 33 heavy (non-hydrogen) atoms. The van der Waals surface area contributed by atoms with Crippen LogP contribution in [0.4, 0.5) is 5.82 Å². The normalized spacial score (nSPS) is 24.5. The number of ketones is 1. The summed E-state index contributed by atoms with van der Waals surface area (Å²) in [5, 5.41) is 16.9. The molecule has 0 bridgehead atoms. The molecular weight excluding hydrogens is 524 g/mol. The Kier molecular flexibility index (Phi) is 6.55. The average Bonchev–Trinajstić information content (AvgIpc) is 3.34. The third-order valence-corrected chi connectivity index (χ3v) is 8.25. The topological polar surface area (TPSA) is 87.1 Å². The maximum atomic E-state index is 13.5. The van der Waals surface area contributed by atoms with Crippen LogP contribution >= 0.6 is 38.9 Å². The summed E-state index contributed by atoms with van der Waals surface area (Å²) in [6.45, 7) is 4.83. The van der Waals surface area contributed by atoms with E-state index >= 15 is 0 Å². The molecular formula is C24H23BrClN4O2S. The number of hydrogen-bond acceptors (Lipinski definition) is 7. The lowest BCUT2D eigenvalue weighted by molar-refractivity contribution is 0.104. The number of carbonyl (C=O) groups is 1. The first-order chi connectivity index (χ1) is 15.9. The molecule has 1 radical (unpaired) electrons. The third-order valence-electron chi connectivity index (χ3n) is 6.36. The Bertz CT molecular complexity index is 1190. The van der Waals surface area contributed by atoms with Gasteiger partial charge in [-0.2, -0.15) is 0 Å². The summed E-state index contributed by atoms with van der Waals surface area (Å²) in [7, 11) is 0. The highest BCUT2D eigenvalue weighted by molar-refractivity contribution is 9.10. The van der Waals surface area contributed by atoms with Gasteiger partial charge in [0, 0.05) is 28.8 Å². The number of halogens is 2. The lowest BCUT2D eigenvalue weighted by Gasteiger charge is -2.27. The van der Waals surface area contributed by atoms with Crippen molar-refractivity contribution in [3.05, 3.63) is 79.7 Å². The Hall–Kier alpha value is -1.84. The van der Waals surface area contributed by atoms with Crippen molar-refractivity contribution in [1.29, 1.82) is 0 Å². The molecule has 171 valence electrons. The third kappa shape index (κ3) is 4.59. The van der Waals surface area contributed by atoms with Gasteiger partial charge >= 0.3 is 0 Å². The van der Waals surface area contributed by atoms with Crippen molar-refractivity contribution >= 4 is 50.5 Å². The first kappa shape index (κ1) is 22.9. The van der Waals surface area contributed by atoms with Gasteiger partial charge in [0.05, 0.1) is 26.9 Å². The highest BCUT2D eigenvalue weighted by Gasteiger charge is 2.31. The fraction of sp³-hybridized carbons (Fsp3) is 0.333. The molecule has 3 N–H and O–H groups in total. The van der Waals surface area contributed by atoms with Crippen LogP contribution in [0.5, 0.6) is 0 Å². The molecule has 1 fully saturated rings. The van der Waals surface area contributed by atoms with Crippen LogP contribution in [0, 0.1) is 12.8 Å². The van der Waals surface area contributed by atoms with E-state index in [1.165, 1.54) is 35.0 Å². The van der Waals surface area contributed by atoms with E-state index in [1.54, 1.807) is 0 Å². The number of benzene rings is 1. The maximum absolute atomic E-state index is 13.5. The van der Waals surface area contributed by atoms with Crippen molar-refractivity contribution in [3.63, 3.8) is 0 Å². The summed E-state index contributed by atoms with van der Waals surface area (Å²) in [6, 6.07) is 8.11. The zero-order valence-corrected chi connectivity index (χ0v) is 20.9. The minimum Gasteiger partial charge on any atom is -0.393 e. The first-order valence-electron chi connectivity index (χ1n) is 10.8. The number of aromatic nitrogens is 2. The summed E-state index contributed by atoms with van der Waals surface area (Å²) in [5.74, 6) is 0.261. The summed E-state index contributed by atoms with van der Waals surface area (Å²) in [6.07, 6.45) is 4.74. The highest BCUT2D eigenvalue weighted by Crippen LogP contribution is 2.39. The van der Waals surface area contributed by atoms with Crippen LogP contribution in [-0.2, 0) is 6.42 Å². The van der Waals surface area contributed by atoms with E-state index in [2.05, 4.69) is 61.7 Å². The zero-order chi connectivity index (χ0) is 23.1. The van der Waals surface area contributed by atoms with Gasteiger partial charge in [0.15, 0.2) is 0 Å². The van der Waals surface area contributed by atoms with Crippen LogP contribution < -0.4 is 10.6 Å². The monoisotopic (exact) mass is 545 g/mol. The van der Waals surface area contributed by atoms with Gasteiger partial charge in [-0.05, 0) is 61.4 Å². The summed E-state index contributed by atoms with van der Waals surface area (Å²) in [4.78, 5) is 22.4. The standard InChI is InChI=1S/C24H23BrClN4O2S/c1-12-6-15(8-19(12)31)30-24-18(10-27-11-29-24)22(32)20-9-17(23(26)33-20)21-16-7-14(25)3-2-13(16)4-5-28-21/h2-3,7,9-12,15,19,21,28,31H,1,4-6,8H2,(H,27,29,30)/t12-,15-,19+,21-/m1/s1. The quantitative estimate of drug-likeness (QED) is 0.398. The van der Waals surface area contributed by atoms with Gasteiger partial charge in [-0.15, -0.1) is 11.3 Å². The second kappa shape index (κ2) is 9.43. The molecule has 1 aromatic carbocycles. The van der Waals surface area contributed by atoms with E-state index < -0.39 is 6.10 Å². The summed E-state index contributed by atoms with van der Waals surface area (Å²) < 4.78 is 1.60. The van der Waals surface area contributed by atoms with Crippen LogP contribution in [0.2, 0.25) is 4.34 Å². The molecule has 5 rings (SSSR count). The van der Waals surface area contributed by atoms with Crippen molar-refractivity contribution in [2.45, 2.75) is 37.5 Å². The van der Waals surface area contributed by atoms with Gasteiger partial charge < -0.3 is 15.7 Å². The number of nitrogens with zero attached hydrogens (tertiary/aromatic N) is 2. The predicted molar refractivity (Wildman–Crippen MR) is 134 cm³/mol. The van der Waals surface area contributed by atoms with E-state index in [-0.39, 0.29) is 23.8 Å².